The minimum atomic E-state index is -0.285. The van der Waals surface area contributed by atoms with Crippen molar-refractivity contribution in [2.45, 2.75) is 13.3 Å². The van der Waals surface area contributed by atoms with Crippen molar-refractivity contribution in [1.29, 1.82) is 0 Å². The number of carbonyl (C=O) groups is 2. The van der Waals surface area contributed by atoms with E-state index in [0.717, 1.165) is 22.5 Å². The first kappa shape index (κ1) is 16.0. The van der Waals surface area contributed by atoms with E-state index in [0.29, 0.717) is 0 Å². The largest absolute Gasteiger partial charge is 0.343 e. The van der Waals surface area contributed by atoms with E-state index in [2.05, 4.69) is 10.6 Å². The lowest BCUT2D eigenvalue weighted by atomic mass is 10.1. The third-order valence-corrected chi connectivity index (χ3v) is 3.88. The number of rotatable bonds is 6. The average molecular weight is 314 g/mol. The summed E-state index contributed by atoms with van der Waals surface area (Å²) in [7, 11) is 0. The molecule has 0 radical (unpaired) electrons. The van der Waals surface area contributed by atoms with Crippen LogP contribution >= 0.6 is 11.3 Å². The summed E-state index contributed by atoms with van der Waals surface area (Å²) >= 11 is 1.55. The first-order chi connectivity index (χ1) is 10.7. The molecular weight excluding hydrogens is 296 g/mol. The second-order valence-corrected chi connectivity index (χ2v) is 5.60. The maximum Gasteiger partial charge on any atom is 0.244 e. The maximum absolute atomic E-state index is 11.9. The number of aryl methyl sites for hydroxylation is 1. The van der Waals surface area contributed by atoms with E-state index in [1.165, 1.54) is 6.08 Å². The van der Waals surface area contributed by atoms with Gasteiger partial charge in [0.2, 0.25) is 11.8 Å². The molecule has 2 amide bonds. The second-order valence-electron chi connectivity index (χ2n) is 4.63. The lowest BCUT2D eigenvalue weighted by Gasteiger charge is -2.09. The predicted octanol–water partition coefficient (Wildman–Crippen LogP) is 3.08. The number of nitrogens with one attached hydrogen (secondary N) is 2. The van der Waals surface area contributed by atoms with E-state index < -0.39 is 0 Å². The maximum atomic E-state index is 11.9. The number of anilines is 1. The third-order valence-electron chi connectivity index (χ3n) is 3.04. The fourth-order valence-corrected chi connectivity index (χ4v) is 2.53. The van der Waals surface area contributed by atoms with Crippen molar-refractivity contribution < 1.29 is 9.59 Å². The highest BCUT2D eigenvalue weighted by atomic mass is 32.1. The molecule has 0 aliphatic carbocycles. The van der Waals surface area contributed by atoms with Crippen LogP contribution in [0, 0.1) is 0 Å². The van der Waals surface area contributed by atoms with E-state index in [4.69, 9.17) is 0 Å². The van der Waals surface area contributed by atoms with Gasteiger partial charge in [0.15, 0.2) is 0 Å². The van der Waals surface area contributed by atoms with Crippen molar-refractivity contribution in [2.75, 3.05) is 11.9 Å². The molecule has 1 aromatic carbocycles. The van der Waals surface area contributed by atoms with Crippen LogP contribution in [0.5, 0.6) is 0 Å². The number of hydrogen-bond acceptors (Lipinski definition) is 3. The number of carbonyl (C=O) groups excluding carboxylic acids is 2. The monoisotopic (exact) mass is 314 g/mol. The summed E-state index contributed by atoms with van der Waals surface area (Å²) in [5.74, 6) is -0.522. The Kier molecular flexibility index (Phi) is 5.91. The van der Waals surface area contributed by atoms with Gasteiger partial charge in [0.1, 0.15) is 0 Å². The fraction of sp³-hybridized carbons (Fsp3) is 0.176. The average Bonchev–Trinajstić information content (AvgIpc) is 3.05. The highest BCUT2D eigenvalue weighted by Gasteiger charge is 2.06. The molecule has 0 unspecified atom stereocenters. The molecule has 0 aliphatic heterocycles. The van der Waals surface area contributed by atoms with Crippen LogP contribution in [-0.2, 0) is 16.0 Å². The first-order valence-electron chi connectivity index (χ1n) is 7.06. The molecule has 0 atom stereocenters. The van der Waals surface area contributed by atoms with Crippen LogP contribution < -0.4 is 10.6 Å². The highest BCUT2D eigenvalue weighted by Crippen LogP contribution is 2.15. The molecule has 0 fully saturated rings. The third kappa shape index (κ3) is 4.86. The van der Waals surface area contributed by atoms with Crippen LogP contribution in [-0.4, -0.2) is 18.4 Å². The lowest BCUT2D eigenvalue weighted by molar-refractivity contribution is -0.121. The smallest absolute Gasteiger partial charge is 0.244 e. The Morgan fingerprint density at radius 2 is 2.00 bits per heavy atom. The molecule has 0 saturated carbocycles. The Labute approximate surface area is 133 Å². The first-order valence-corrected chi connectivity index (χ1v) is 7.94. The summed E-state index contributed by atoms with van der Waals surface area (Å²) in [6, 6.07) is 11.5. The molecular formula is C17H18N2O2S. The molecule has 0 bridgehead atoms. The number of amides is 2. The molecule has 0 spiro atoms. The molecule has 4 nitrogen and oxygen atoms in total. The molecule has 1 aromatic heterocycles. The quantitative estimate of drug-likeness (QED) is 0.805. The van der Waals surface area contributed by atoms with Gasteiger partial charge in [0, 0.05) is 16.6 Å². The summed E-state index contributed by atoms with van der Waals surface area (Å²) in [5.41, 5.74) is 1.86. The van der Waals surface area contributed by atoms with Crippen molar-refractivity contribution in [3.05, 3.63) is 58.3 Å². The van der Waals surface area contributed by atoms with E-state index in [1.807, 2.05) is 48.7 Å². The molecule has 2 rings (SSSR count). The SMILES string of the molecule is CCc1ccccc1NC(=O)CNC(=O)/C=C/c1cccs1. The van der Waals surface area contributed by atoms with Gasteiger partial charge in [-0.2, -0.15) is 0 Å². The summed E-state index contributed by atoms with van der Waals surface area (Å²) in [6.07, 6.45) is 4.00. The molecule has 2 N–H and O–H groups in total. The van der Waals surface area contributed by atoms with Crippen molar-refractivity contribution in [3.63, 3.8) is 0 Å². The number of thiophene rings is 1. The Morgan fingerprint density at radius 1 is 1.18 bits per heavy atom. The Balaban J connectivity index is 1.81. The van der Waals surface area contributed by atoms with Gasteiger partial charge in [-0.05, 0) is 35.6 Å². The van der Waals surface area contributed by atoms with E-state index in [1.54, 1.807) is 17.4 Å². The van der Waals surface area contributed by atoms with Gasteiger partial charge >= 0.3 is 0 Å². The lowest BCUT2D eigenvalue weighted by Crippen LogP contribution is -2.31. The Hall–Kier alpha value is -2.40. The molecule has 0 saturated heterocycles. The highest BCUT2D eigenvalue weighted by molar-refractivity contribution is 7.10. The van der Waals surface area contributed by atoms with Gasteiger partial charge < -0.3 is 10.6 Å². The second kappa shape index (κ2) is 8.14. The van der Waals surface area contributed by atoms with Gasteiger partial charge in [-0.25, -0.2) is 0 Å². The zero-order valence-corrected chi connectivity index (χ0v) is 13.2. The predicted molar refractivity (Wildman–Crippen MR) is 90.8 cm³/mol. The summed E-state index contributed by atoms with van der Waals surface area (Å²) in [6.45, 7) is 1.98. The molecule has 2 aromatic rings. The van der Waals surface area contributed by atoms with Gasteiger partial charge in [0.05, 0.1) is 6.54 Å². The van der Waals surface area contributed by atoms with E-state index >= 15 is 0 Å². The van der Waals surface area contributed by atoms with Gasteiger partial charge in [-0.1, -0.05) is 31.2 Å². The molecule has 0 aliphatic rings. The van der Waals surface area contributed by atoms with Crippen LogP contribution in [0.15, 0.2) is 47.9 Å². The van der Waals surface area contributed by atoms with E-state index in [9.17, 15) is 9.59 Å². The zero-order chi connectivity index (χ0) is 15.8. The summed E-state index contributed by atoms with van der Waals surface area (Å²) in [4.78, 5) is 24.5. The van der Waals surface area contributed by atoms with Crippen molar-refractivity contribution in [1.82, 2.24) is 5.32 Å². The van der Waals surface area contributed by atoms with Crippen LogP contribution in [0.2, 0.25) is 0 Å². The molecule has 22 heavy (non-hydrogen) atoms. The minimum Gasteiger partial charge on any atom is -0.343 e. The number of para-hydroxylation sites is 1. The fourth-order valence-electron chi connectivity index (χ4n) is 1.92. The Bertz CT molecular complexity index is 663. The van der Waals surface area contributed by atoms with Gasteiger partial charge in [-0.3, -0.25) is 9.59 Å². The minimum absolute atomic E-state index is 0.0499. The van der Waals surface area contributed by atoms with Crippen molar-refractivity contribution in [2.24, 2.45) is 0 Å². The van der Waals surface area contributed by atoms with Gasteiger partial charge in [-0.15, -0.1) is 11.3 Å². The zero-order valence-electron chi connectivity index (χ0n) is 12.3. The summed E-state index contributed by atoms with van der Waals surface area (Å²) < 4.78 is 0. The van der Waals surface area contributed by atoms with E-state index in [-0.39, 0.29) is 18.4 Å². The normalized spacial score (nSPS) is 10.6. The van der Waals surface area contributed by atoms with Crippen LogP contribution in [0.1, 0.15) is 17.4 Å². The number of benzene rings is 1. The Morgan fingerprint density at radius 3 is 2.73 bits per heavy atom. The van der Waals surface area contributed by atoms with Crippen LogP contribution in [0.4, 0.5) is 5.69 Å². The summed E-state index contributed by atoms with van der Waals surface area (Å²) in [5, 5.41) is 7.32. The van der Waals surface area contributed by atoms with Crippen LogP contribution in [0.25, 0.3) is 6.08 Å². The molecule has 114 valence electrons. The van der Waals surface area contributed by atoms with Crippen LogP contribution in [0.3, 0.4) is 0 Å². The topological polar surface area (TPSA) is 58.2 Å². The van der Waals surface area contributed by atoms with Gasteiger partial charge in [0.25, 0.3) is 0 Å². The van der Waals surface area contributed by atoms with Crippen molar-refractivity contribution in [3.8, 4) is 0 Å². The van der Waals surface area contributed by atoms with Crippen molar-refractivity contribution >= 4 is 34.9 Å². The molecule has 5 heteroatoms. The molecule has 1 heterocycles. The number of hydrogen-bond donors (Lipinski definition) is 2. The standard InChI is InChI=1S/C17H18N2O2S/c1-2-13-6-3-4-8-15(13)19-17(21)12-18-16(20)10-9-14-7-5-11-22-14/h3-11H,2,12H2,1H3,(H,18,20)(H,19,21)/b10-9+.